The lowest BCUT2D eigenvalue weighted by Gasteiger charge is -2.34. The average molecular weight is 448 g/mol. The van der Waals surface area contributed by atoms with E-state index in [0.717, 1.165) is 24.7 Å². The van der Waals surface area contributed by atoms with Crippen LogP contribution in [-0.4, -0.2) is 0 Å². The Hall–Kier alpha value is -2.28. The van der Waals surface area contributed by atoms with Crippen LogP contribution in [0, 0.1) is 11.8 Å². The molecule has 1 fully saturated rings. The maximum atomic E-state index is 2.47. The van der Waals surface area contributed by atoms with Crippen LogP contribution >= 0.6 is 0 Å². The van der Waals surface area contributed by atoms with Crippen molar-refractivity contribution >= 4 is 5.69 Å². The van der Waals surface area contributed by atoms with E-state index in [1.807, 2.05) is 41.5 Å². The molecule has 4 aliphatic rings. The summed E-state index contributed by atoms with van der Waals surface area (Å²) < 4.78 is 0. The lowest BCUT2D eigenvalue weighted by molar-refractivity contribution is 0.779. The zero-order valence-electron chi connectivity index (χ0n) is 22.7. The zero-order chi connectivity index (χ0) is 24.6. The van der Waals surface area contributed by atoms with Crippen molar-refractivity contribution in [3.05, 3.63) is 89.3 Å². The SMILES string of the molecule is C1=CC(N(C2=CCCC3=C2C=CC2CC32)c2ccccc2)=CCC1.CC.CC.CC.CCC. The van der Waals surface area contributed by atoms with Crippen molar-refractivity contribution in [1.29, 1.82) is 0 Å². The fourth-order valence-electron chi connectivity index (χ4n) is 4.38. The quantitative estimate of drug-likeness (QED) is 0.445. The third-order valence-electron chi connectivity index (χ3n) is 5.66. The van der Waals surface area contributed by atoms with Crippen molar-refractivity contribution in [2.45, 2.75) is 93.9 Å². The van der Waals surface area contributed by atoms with E-state index in [0.29, 0.717) is 0 Å². The number of nitrogens with zero attached hydrogens (tertiary/aromatic N) is 1. The van der Waals surface area contributed by atoms with Crippen LogP contribution in [0.2, 0.25) is 0 Å². The summed E-state index contributed by atoms with van der Waals surface area (Å²) in [6.07, 6.45) is 21.6. The Morgan fingerprint density at radius 2 is 1.48 bits per heavy atom. The van der Waals surface area contributed by atoms with Crippen LogP contribution in [0.15, 0.2) is 89.3 Å². The normalized spacial score (nSPS) is 20.8. The summed E-state index contributed by atoms with van der Waals surface area (Å²) in [6.45, 7) is 16.2. The van der Waals surface area contributed by atoms with Crippen molar-refractivity contribution in [3.63, 3.8) is 0 Å². The lowest BCUT2D eigenvalue weighted by atomic mass is 9.86. The van der Waals surface area contributed by atoms with Crippen molar-refractivity contribution in [3.8, 4) is 0 Å². The highest BCUT2D eigenvalue weighted by atomic mass is 15.2. The molecule has 1 nitrogen and oxygen atoms in total. The minimum absolute atomic E-state index is 0.835. The number of benzene rings is 1. The van der Waals surface area contributed by atoms with E-state index in [1.165, 1.54) is 48.3 Å². The molecule has 0 saturated heterocycles. The highest BCUT2D eigenvalue weighted by Crippen LogP contribution is 2.53. The molecule has 0 heterocycles. The van der Waals surface area contributed by atoms with E-state index in [4.69, 9.17) is 0 Å². The maximum Gasteiger partial charge on any atom is 0.0493 e. The first-order valence-electron chi connectivity index (χ1n) is 13.7. The summed E-state index contributed by atoms with van der Waals surface area (Å²) in [6, 6.07) is 10.8. The predicted octanol–water partition coefficient (Wildman–Crippen LogP) is 10.4. The summed E-state index contributed by atoms with van der Waals surface area (Å²) in [7, 11) is 0. The first-order valence-corrected chi connectivity index (χ1v) is 13.7. The Morgan fingerprint density at radius 3 is 2.09 bits per heavy atom. The molecule has 1 heteroatoms. The Labute approximate surface area is 205 Å². The van der Waals surface area contributed by atoms with Crippen LogP contribution in [0.25, 0.3) is 0 Å². The number of hydrogen-bond acceptors (Lipinski definition) is 1. The van der Waals surface area contributed by atoms with Crippen LogP contribution < -0.4 is 4.90 Å². The standard InChI is InChI=1S/C23H23N.C3H8.3C2H6/c1-3-8-18(9-4-1)24(19-10-5-2-6-11-19)23-13-7-12-20-21(23)15-14-17-16-22(17)20;1-3-2;3*1-2/h1,3-5,8-11,13-15,17,22H,2,6-7,12,16H2;3H2,1-2H3;3*1-2H3. The van der Waals surface area contributed by atoms with Crippen molar-refractivity contribution < 1.29 is 0 Å². The smallest absolute Gasteiger partial charge is 0.0493 e. The van der Waals surface area contributed by atoms with Crippen molar-refractivity contribution in [2.24, 2.45) is 11.8 Å². The van der Waals surface area contributed by atoms with Gasteiger partial charge in [0, 0.05) is 17.1 Å². The van der Waals surface area contributed by atoms with Gasteiger partial charge in [0.05, 0.1) is 0 Å². The summed E-state index contributed by atoms with van der Waals surface area (Å²) in [4.78, 5) is 2.47. The molecule has 1 aromatic rings. The van der Waals surface area contributed by atoms with Gasteiger partial charge in [-0.3, -0.25) is 0 Å². The fourth-order valence-corrected chi connectivity index (χ4v) is 4.38. The van der Waals surface area contributed by atoms with Gasteiger partial charge >= 0.3 is 0 Å². The molecule has 5 rings (SSSR count). The number of hydrogen-bond donors (Lipinski definition) is 0. The molecule has 182 valence electrons. The van der Waals surface area contributed by atoms with Crippen LogP contribution in [0.1, 0.15) is 93.9 Å². The van der Waals surface area contributed by atoms with Gasteiger partial charge in [-0.05, 0) is 67.7 Å². The van der Waals surface area contributed by atoms with Crippen LogP contribution in [-0.2, 0) is 0 Å². The van der Waals surface area contributed by atoms with Gasteiger partial charge in [-0.25, -0.2) is 0 Å². The predicted molar refractivity (Wildman–Crippen MR) is 150 cm³/mol. The molecule has 2 unspecified atom stereocenters. The minimum atomic E-state index is 0.835. The minimum Gasteiger partial charge on any atom is -0.311 e. The number of para-hydroxylation sites is 1. The average Bonchev–Trinajstić information content (AvgIpc) is 3.71. The summed E-state index contributed by atoms with van der Waals surface area (Å²) in [5.74, 6) is 1.67. The maximum absolute atomic E-state index is 2.47. The van der Waals surface area contributed by atoms with Gasteiger partial charge in [0.1, 0.15) is 0 Å². The number of rotatable bonds is 3. The van der Waals surface area contributed by atoms with Gasteiger partial charge in [0.25, 0.3) is 0 Å². The summed E-state index contributed by atoms with van der Waals surface area (Å²) in [5, 5.41) is 0. The third kappa shape index (κ3) is 7.63. The molecule has 2 atom stereocenters. The second-order valence-electron chi connectivity index (χ2n) is 7.92. The molecule has 0 radical (unpaired) electrons. The monoisotopic (exact) mass is 447 g/mol. The molecule has 33 heavy (non-hydrogen) atoms. The summed E-state index contributed by atoms with van der Waals surface area (Å²) >= 11 is 0. The molecular weight excluding hydrogens is 398 g/mol. The van der Waals surface area contributed by atoms with Crippen LogP contribution in [0.3, 0.4) is 0 Å². The highest BCUT2D eigenvalue weighted by molar-refractivity contribution is 5.68. The van der Waals surface area contributed by atoms with E-state index < -0.39 is 0 Å². The van der Waals surface area contributed by atoms with Gasteiger partial charge in [-0.15, -0.1) is 0 Å². The van der Waals surface area contributed by atoms with E-state index in [1.54, 1.807) is 5.57 Å². The molecule has 0 aliphatic heterocycles. The zero-order valence-corrected chi connectivity index (χ0v) is 22.7. The number of anilines is 1. The second kappa shape index (κ2) is 16.4. The number of fused-ring (bicyclic) bond motifs is 2. The Morgan fingerprint density at radius 1 is 0.818 bits per heavy atom. The molecule has 0 bridgehead atoms. The third-order valence-corrected chi connectivity index (χ3v) is 5.66. The first-order chi connectivity index (χ1) is 16.3. The Bertz CT molecular complexity index is 819. The van der Waals surface area contributed by atoms with E-state index in [-0.39, 0.29) is 0 Å². The molecule has 0 spiro atoms. The molecular formula is C32H49N. The largest absolute Gasteiger partial charge is 0.311 e. The Kier molecular flexibility index (Phi) is 14.2. The lowest BCUT2D eigenvalue weighted by Crippen LogP contribution is -2.25. The van der Waals surface area contributed by atoms with Gasteiger partial charge in [-0.1, -0.05) is 116 Å². The second-order valence-corrected chi connectivity index (χ2v) is 7.92. The van der Waals surface area contributed by atoms with Gasteiger partial charge in [-0.2, -0.15) is 0 Å². The van der Waals surface area contributed by atoms with E-state index in [2.05, 4.69) is 85.5 Å². The van der Waals surface area contributed by atoms with Gasteiger partial charge < -0.3 is 4.90 Å². The molecule has 0 aromatic heterocycles. The van der Waals surface area contributed by atoms with Crippen LogP contribution in [0.5, 0.6) is 0 Å². The molecule has 4 aliphatic carbocycles. The first kappa shape index (κ1) is 28.8. The van der Waals surface area contributed by atoms with Crippen molar-refractivity contribution in [1.82, 2.24) is 0 Å². The van der Waals surface area contributed by atoms with Crippen molar-refractivity contribution in [2.75, 3.05) is 4.90 Å². The summed E-state index contributed by atoms with van der Waals surface area (Å²) in [5.41, 5.74) is 7.17. The number of allylic oxidation sites excluding steroid dienone is 7. The fraction of sp³-hybridized carbons (Fsp3) is 0.500. The van der Waals surface area contributed by atoms with Gasteiger partial charge in [0.15, 0.2) is 0 Å². The Balaban J connectivity index is 0.000000540. The highest BCUT2D eigenvalue weighted by Gasteiger charge is 2.42. The topological polar surface area (TPSA) is 3.24 Å². The molecule has 0 amide bonds. The molecule has 0 N–H and O–H groups in total. The van der Waals surface area contributed by atoms with Gasteiger partial charge in [0.2, 0.25) is 0 Å². The van der Waals surface area contributed by atoms with Crippen LogP contribution in [0.4, 0.5) is 5.69 Å². The molecule has 1 saturated carbocycles. The van der Waals surface area contributed by atoms with E-state index in [9.17, 15) is 0 Å². The molecule has 1 aromatic carbocycles. The van der Waals surface area contributed by atoms with E-state index >= 15 is 0 Å².